The van der Waals surface area contributed by atoms with Crippen molar-refractivity contribution < 1.29 is 4.79 Å². The minimum absolute atomic E-state index is 0.194. The molecule has 0 spiro atoms. The summed E-state index contributed by atoms with van der Waals surface area (Å²) in [5.41, 5.74) is 9.25. The molecule has 0 aromatic carbocycles. The number of pyridine rings is 1. The Kier molecular flexibility index (Phi) is 6.98. The molecule has 1 heterocycles. The van der Waals surface area contributed by atoms with Crippen LogP contribution in [0.4, 0.5) is 0 Å². The van der Waals surface area contributed by atoms with Crippen molar-refractivity contribution >= 4 is 5.91 Å². The number of amides is 1. The third kappa shape index (κ3) is 4.81. The first kappa shape index (κ1) is 19.4. The highest BCUT2D eigenvalue weighted by atomic mass is 16.1. The van der Waals surface area contributed by atoms with Crippen LogP contribution in [-0.2, 0) is 11.2 Å². The molecule has 1 aliphatic rings. The topological polar surface area (TPSA) is 56.0 Å². The van der Waals surface area contributed by atoms with Crippen molar-refractivity contribution in [3.8, 4) is 0 Å². The lowest BCUT2D eigenvalue weighted by Gasteiger charge is -2.41. The quantitative estimate of drug-likeness (QED) is 0.645. The van der Waals surface area contributed by atoms with Crippen LogP contribution >= 0.6 is 0 Å². The summed E-state index contributed by atoms with van der Waals surface area (Å²) < 4.78 is 0. The van der Waals surface area contributed by atoms with E-state index in [2.05, 4.69) is 31.0 Å². The summed E-state index contributed by atoms with van der Waals surface area (Å²) in [7, 11) is 0. The van der Waals surface area contributed by atoms with Gasteiger partial charge in [0.05, 0.1) is 5.92 Å². The van der Waals surface area contributed by atoms with E-state index in [1.54, 1.807) is 0 Å². The second-order valence-corrected chi connectivity index (χ2v) is 7.55. The molecule has 2 atom stereocenters. The predicted molar refractivity (Wildman–Crippen MR) is 104 cm³/mol. The van der Waals surface area contributed by atoms with E-state index in [-0.39, 0.29) is 17.2 Å². The molecular weight excluding hydrogens is 308 g/mol. The van der Waals surface area contributed by atoms with Gasteiger partial charge in [0, 0.05) is 17.8 Å². The summed E-state index contributed by atoms with van der Waals surface area (Å²) in [6.45, 7) is 6.49. The SMILES string of the molecule is CCCCCCCC1(C)C(Cc2ccncc2)=CC=C(C)C1C(N)=O. The van der Waals surface area contributed by atoms with E-state index < -0.39 is 0 Å². The van der Waals surface area contributed by atoms with Crippen LogP contribution in [0.3, 0.4) is 0 Å². The summed E-state index contributed by atoms with van der Waals surface area (Å²) in [6.07, 6.45) is 16.0. The Labute approximate surface area is 152 Å². The molecule has 2 unspecified atom stereocenters. The maximum atomic E-state index is 12.3. The van der Waals surface area contributed by atoms with Crippen molar-refractivity contribution in [1.29, 1.82) is 0 Å². The molecule has 0 fully saturated rings. The van der Waals surface area contributed by atoms with Crippen LogP contribution in [0.5, 0.6) is 0 Å². The van der Waals surface area contributed by atoms with Gasteiger partial charge in [-0.25, -0.2) is 0 Å². The maximum Gasteiger partial charge on any atom is 0.225 e. The van der Waals surface area contributed by atoms with E-state index in [1.165, 1.54) is 36.8 Å². The highest BCUT2D eigenvalue weighted by Crippen LogP contribution is 2.47. The molecule has 1 aromatic heterocycles. The third-order valence-electron chi connectivity index (χ3n) is 5.60. The van der Waals surface area contributed by atoms with Crippen LogP contribution < -0.4 is 5.73 Å². The fourth-order valence-electron chi connectivity index (χ4n) is 4.13. The lowest BCUT2D eigenvalue weighted by atomic mass is 9.62. The highest BCUT2D eigenvalue weighted by molar-refractivity contribution is 5.82. The minimum Gasteiger partial charge on any atom is -0.369 e. The van der Waals surface area contributed by atoms with Crippen LogP contribution in [0.1, 0.15) is 64.9 Å². The lowest BCUT2D eigenvalue weighted by Crippen LogP contribution is -2.41. The number of primary amides is 1. The van der Waals surface area contributed by atoms with Crippen molar-refractivity contribution in [3.63, 3.8) is 0 Å². The summed E-state index contributed by atoms with van der Waals surface area (Å²) in [4.78, 5) is 16.4. The number of nitrogens with two attached hydrogens (primary N) is 1. The van der Waals surface area contributed by atoms with Gasteiger partial charge in [-0.15, -0.1) is 0 Å². The standard InChI is InChI=1S/C22H32N2O/c1-4-5-6-7-8-13-22(3)19(16-18-11-14-24-15-12-18)10-9-17(2)20(22)21(23)25/h9-12,14-15,20H,4-8,13,16H2,1-3H3,(H2,23,25). The molecule has 136 valence electrons. The number of unbranched alkanes of at least 4 members (excludes halogenated alkanes) is 4. The van der Waals surface area contributed by atoms with Crippen molar-refractivity contribution in [2.75, 3.05) is 0 Å². The van der Waals surface area contributed by atoms with Crippen molar-refractivity contribution in [2.45, 2.75) is 65.7 Å². The molecular formula is C22H32N2O. The number of hydrogen-bond donors (Lipinski definition) is 1. The Balaban J connectivity index is 2.21. The van der Waals surface area contributed by atoms with Gasteiger partial charge in [0.2, 0.25) is 5.91 Å². The second kappa shape index (κ2) is 8.98. The second-order valence-electron chi connectivity index (χ2n) is 7.55. The summed E-state index contributed by atoms with van der Waals surface area (Å²) >= 11 is 0. The van der Waals surface area contributed by atoms with Gasteiger partial charge in [0.25, 0.3) is 0 Å². The zero-order chi connectivity index (χ0) is 18.3. The lowest BCUT2D eigenvalue weighted by molar-refractivity contribution is -0.123. The van der Waals surface area contributed by atoms with Crippen LogP contribution in [0, 0.1) is 11.3 Å². The molecule has 0 radical (unpaired) electrons. The molecule has 0 bridgehead atoms. The Morgan fingerprint density at radius 3 is 2.48 bits per heavy atom. The van der Waals surface area contributed by atoms with E-state index in [1.807, 2.05) is 31.5 Å². The van der Waals surface area contributed by atoms with Gasteiger partial charge in [-0.1, -0.05) is 69.2 Å². The van der Waals surface area contributed by atoms with Crippen LogP contribution in [0.15, 0.2) is 47.8 Å². The van der Waals surface area contributed by atoms with Crippen molar-refractivity contribution in [2.24, 2.45) is 17.1 Å². The summed E-state index contributed by atoms with van der Waals surface area (Å²) in [5.74, 6) is -0.411. The molecule has 3 heteroatoms. The molecule has 3 nitrogen and oxygen atoms in total. The Morgan fingerprint density at radius 2 is 1.84 bits per heavy atom. The predicted octanol–water partition coefficient (Wildman–Crippen LogP) is 4.98. The van der Waals surface area contributed by atoms with E-state index in [0.717, 1.165) is 24.8 Å². The number of carbonyl (C=O) groups excluding carboxylic acids is 1. The third-order valence-corrected chi connectivity index (χ3v) is 5.60. The Bertz CT molecular complexity index is 633. The van der Waals surface area contributed by atoms with Crippen LogP contribution in [0.2, 0.25) is 0 Å². The number of nitrogens with zero attached hydrogens (tertiary/aromatic N) is 1. The Morgan fingerprint density at radius 1 is 1.16 bits per heavy atom. The van der Waals surface area contributed by atoms with Gasteiger partial charge >= 0.3 is 0 Å². The number of hydrogen-bond acceptors (Lipinski definition) is 2. The zero-order valence-electron chi connectivity index (χ0n) is 15.9. The van der Waals surface area contributed by atoms with Gasteiger partial charge in [0.15, 0.2) is 0 Å². The molecule has 0 aliphatic heterocycles. The maximum absolute atomic E-state index is 12.3. The molecule has 2 N–H and O–H groups in total. The summed E-state index contributed by atoms with van der Waals surface area (Å²) in [6, 6.07) is 4.10. The number of rotatable bonds is 9. The highest BCUT2D eigenvalue weighted by Gasteiger charge is 2.42. The van der Waals surface area contributed by atoms with Crippen molar-refractivity contribution in [1.82, 2.24) is 4.98 Å². The van der Waals surface area contributed by atoms with Gasteiger partial charge < -0.3 is 5.73 Å². The largest absolute Gasteiger partial charge is 0.369 e. The first-order valence-corrected chi connectivity index (χ1v) is 9.55. The van der Waals surface area contributed by atoms with Gasteiger partial charge in [0.1, 0.15) is 0 Å². The average Bonchev–Trinajstić information content (AvgIpc) is 2.58. The average molecular weight is 341 g/mol. The van der Waals surface area contributed by atoms with Crippen LogP contribution in [-0.4, -0.2) is 10.9 Å². The number of allylic oxidation sites excluding steroid dienone is 3. The monoisotopic (exact) mass is 340 g/mol. The minimum atomic E-state index is -0.208. The van der Waals surface area contributed by atoms with E-state index in [0.29, 0.717) is 0 Å². The fraction of sp³-hybridized carbons (Fsp3) is 0.545. The molecule has 1 aliphatic carbocycles. The fourth-order valence-corrected chi connectivity index (χ4v) is 4.13. The summed E-state index contributed by atoms with van der Waals surface area (Å²) in [5, 5.41) is 0. The first-order valence-electron chi connectivity index (χ1n) is 9.55. The van der Waals surface area contributed by atoms with Gasteiger partial charge in [-0.3, -0.25) is 9.78 Å². The molecule has 1 amide bonds. The first-order chi connectivity index (χ1) is 12.0. The normalized spacial score (nSPS) is 23.1. The smallest absolute Gasteiger partial charge is 0.225 e. The zero-order valence-corrected chi connectivity index (χ0v) is 15.9. The van der Waals surface area contributed by atoms with E-state index in [9.17, 15) is 4.79 Å². The van der Waals surface area contributed by atoms with Gasteiger partial charge in [-0.2, -0.15) is 0 Å². The molecule has 25 heavy (non-hydrogen) atoms. The van der Waals surface area contributed by atoms with E-state index in [4.69, 9.17) is 5.73 Å². The van der Waals surface area contributed by atoms with Gasteiger partial charge in [-0.05, 0) is 37.5 Å². The molecule has 0 saturated heterocycles. The molecule has 0 saturated carbocycles. The molecule has 1 aromatic rings. The van der Waals surface area contributed by atoms with Crippen LogP contribution in [0.25, 0.3) is 0 Å². The number of aromatic nitrogens is 1. The molecule has 2 rings (SSSR count). The Hall–Kier alpha value is -1.90. The van der Waals surface area contributed by atoms with E-state index >= 15 is 0 Å². The van der Waals surface area contributed by atoms with Crippen molar-refractivity contribution in [3.05, 3.63) is 53.4 Å². The number of carbonyl (C=O) groups is 1.